The molecular formula is C13H21N3O2. The van der Waals surface area contributed by atoms with E-state index in [0.717, 1.165) is 6.42 Å². The van der Waals surface area contributed by atoms with Crippen LogP contribution in [0.15, 0.2) is 18.2 Å². The van der Waals surface area contributed by atoms with E-state index in [9.17, 15) is 9.90 Å². The van der Waals surface area contributed by atoms with Crippen LogP contribution in [0, 0.1) is 0 Å². The van der Waals surface area contributed by atoms with Gasteiger partial charge in [0.1, 0.15) is 0 Å². The van der Waals surface area contributed by atoms with Gasteiger partial charge < -0.3 is 21.5 Å². The van der Waals surface area contributed by atoms with Gasteiger partial charge in [-0.1, -0.05) is 6.92 Å². The minimum Gasteiger partial charge on any atom is -0.399 e. The van der Waals surface area contributed by atoms with Gasteiger partial charge in [-0.15, -0.1) is 0 Å². The van der Waals surface area contributed by atoms with E-state index < -0.39 is 0 Å². The molecule has 1 atom stereocenters. The van der Waals surface area contributed by atoms with Gasteiger partial charge in [0.2, 0.25) is 0 Å². The summed E-state index contributed by atoms with van der Waals surface area (Å²) in [6.07, 6.45) is 0.764. The molecule has 5 N–H and O–H groups in total. The number of nitrogen functional groups attached to an aromatic ring is 1. The molecule has 0 aliphatic rings. The molecule has 0 heterocycles. The third kappa shape index (κ3) is 3.63. The number of anilines is 2. The van der Waals surface area contributed by atoms with Crippen molar-refractivity contribution in [2.24, 2.45) is 0 Å². The molecule has 0 radical (unpaired) electrons. The number of hydrogen-bond donors (Lipinski definition) is 4. The van der Waals surface area contributed by atoms with Crippen molar-refractivity contribution in [3.8, 4) is 0 Å². The normalized spacial score (nSPS) is 11.9. The second kappa shape index (κ2) is 6.86. The van der Waals surface area contributed by atoms with Crippen molar-refractivity contribution in [1.82, 2.24) is 5.32 Å². The molecule has 1 rings (SSSR count). The number of aliphatic hydroxyl groups is 1. The van der Waals surface area contributed by atoms with Crippen molar-refractivity contribution >= 4 is 17.3 Å². The monoisotopic (exact) mass is 251 g/mol. The number of carbonyl (C=O) groups is 1. The summed E-state index contributed by atoms with van der Waals surface area (Å²) in [5, 5.41) is 15.1. The average molecular weight is 251 g/mol. The Morgan fingerprint density at radius 3 is 2.72 bits per heavy atom. The number of rotatable bonds is 6. The summed E-state index contributed by atoms with van der Waals surface area (Å²) in [6, 6.07) is 5.01. The van der Waals surface area contributed by atoms with Gasteiger partial charge in [-0.05, 0) is 31.5 Å². The van der Waals surface area contributed by atoms with E-state index in [1.807, 2.05) is 13.8 Å². The fraction of sp³-hybridized carbons (Fsp3) is 0.462. The number of nitrogens with one attached hydrogen (secondary N) is 2. The Morgan fingerprint density at radius 1 is 1.44 bits per heavy atom. The average Bonchev–Trinajstić information content (AvgIpc) is 2.36. The van der Waals surface area contributed by atoms with Crippen LogP contribution < -0.4 is 16.4 Å². The summed E-state index contributed by atoms with van der Waals surface area (Å²) in [5.41, 5.74) is 7.50. The lowest BCUT2D eigenvalue weighted by atomic mass is 10.1. The summed E-state index contributed by atoms with van der Waals surface area (Å²) in [5.74, 6) is -0.146. The van der Waals surface area contributed by atoms with Gasteiger partial charge in [-0.2, -0.15) is 0 Å². The Labute approximate surface area is 107 Å². The van der Waals surface area contributed by atoms with Gasteiger partial charge in [0.05, 0.1) is 12.2 Å². The summed E-state index contributed by atoms with van der Waals surface area (Å²) >= 11 is 0. The van der Waals surface area contributed by atoms with Crippen LogP contribution in [0.1, 0.15) is 30.6 Å². The van der Waals surface area contributed by atoms with Gasteiger partial charge in [0.15, 0.2) is 0 Å². The summed E-state index contributed by atoms with van der Waals surface area (Å²) in [6.45, 7) is 4.41. The number of amides is 1. The maximum Gasteiger partial charge on any atom is 0.253 e. The molecule has 100 valence electrons. The van der Waals surface area contributed by atoms with E-state index in [-0.39, 0.29) is 18.6 Å². The van der Waals surface area contributed by atoms with Crippen LogP contribution in [0.25, 0.3) is 0 Å². The number of hydrogen-bond acceptors (Lipinski definition) is 4. The van der Waals surface area contributed by atoms with Crippen LogP contribution in [-0.4, -0.2) is 30.2 Å². The van der Waals surface area contributed by atoms with E-state index in [1.165, 1.54) is 0 Å². The highest BCUT2D eigenvalue weighted by Gasteiger charge is 2.13. The Kier molecular flexibility index (Phi) is 5.45. The van der Waals surface area contributed by atoms with Crippen LogP contribution in [0.3, 0.4) is 0 Å². The molecule has 0 bridgehead atoms. The first kappa shape index (κ1) is 14.3. The quantitative estimate of drug-likeness (QED) is 0.572. The molecule has 5 nitrogen and oxygen atoms in total. The second-order valence-electron chi connectivity index (χ2n) is 4.10. The molecule has 0 aromatic heterocycles. The Hall–Kier alpha value is -1.75. The number of nitrogens with two attached hydrogens (primary N) is 1. The molecule has 0 saturated heterocycles. The largest absolute Gasteiger partial charge is 0.399 e. The van der Waals surface area contributed by atoms with Gasteiger partial charge in [0, 0.05) is 24.0 Å². The molecule has 0 fully saturated rings. The first-order valence-corrected chi connectivity index (χ1v) is 6.17. The Bertz CT molecular complexity index is 403. The number of benzene rings is 1. The van der Waals surface area contributed by atoms with E-state index in [2.05, 4.69) is 10.6 Å². The highest BCUT2D eigenvalue weighted by molar-refractivity contribution is 6.00. The van der Waals surface area contributed by atoms with Crippen molar-refractivity contribution in [2.75, 3.05) is 24.2 Å². The van der Waals surface area contributed by atoms with Gasteiger partial charge in [-0.3, -0.25) is 4.79 Å². The van der Waals surface area contributed by atoms with Crippen molar-refractivity contribution < 1.29 is 9.90 Å². The van der Waals surface area contributed by atoms with Crippen LogP contribution in [-0.2, 0) is 0 Å². The fourth-order valence-corrected chi connectivity index (χ4v) is 1.63. The van der Waals surface area contributed by atoms with E-state index in [1.54, 1.807) is 18.2 Å². The summed E-state index contributed by atoms with van der Waals surface area (Å²) in [7, 11) is 0. The van der Waals surface area contributed by atoms with Crippen LogP contribution in [0.4, 0.5) is 11.4 Å². The Morgan fingerprint density at radius 2 is 2.17 bits per heavy atom. The fourth-order valence-electron chi connectivity index (χ4n) is 1.63. The molecule has 0 aliphatic heterocycles. The number of carbonyl (C=O) groups excluding carboxylic acids is 1. The van der Waals surface area contributed by atoms with Crippen LogP contribution in [0.2, 0.25) is 0 Å². The van der Waals surface area contributed by atoms with E-state index >= 15 is 0 Å². The van der Waals surface area contributed by atoms with Gasteiger partial charge >= 0.3 is 0 Å². The highest BCUT2D eigenvalue weighted by Crippen LogP contribution is 2.20. The molecule has 1 aromatic carbocycles. The van der Waals surface area contributed by atoms with Crippen molar-refractivity contribution in [3.63, 3.8) is 0 Å². The van der Waals surface area contributed by atoms with Crippen LogP contribution in [0.5, 0.6) is 0 Å². The second-order valence-corrected chi connectivity index (χ2v) is 4.10. The maximum absolute atomic E-state index is 11.9. The molecule has 1 unspecified atom stereocenters. The van der Waals surface area contributed by atoms with Gasteiger partial charge in [-0.25, -0.2) is 0 Å². The number of aliphatic hydroxyl groups excluding tert-OH is 1. The predicted molar refractivity (Wildman–Crippen MR) is 73.6 cm³/mol. The summed E-state index contributed by atoms with van der Waals surface area (Å²) < 4.78 is 0. The standard InChI is InChI=1S/C13H21N3O2/c1-3-10(8-17)16-12-7-9(14)5-6-11(12)13(18)15-4-2/h5-7,10,16-17H,3-4,8,14H2,1-2H3,(H,15,18). The van der Waals surface area contributed by atoms with Crippen molar-refractivity contribution in [2.45, 2.75) is 26.3 Å². The topological polar surface area (TPSA) is 87.4 Å². The zero-order valence-electron chi connectivity index (χ0n) is 10.9. The maximum atomic E-state index is 11.9. The molecule has 0 spiro atoms. The van der Waals surface area contributed by atoms with Crippen molar-refractivity contribution in [1.29, 1.82) is 0 Å². The zero-order chi connectivity index (χ0) is 13.5. The molecule has 5 heteroatoms. The van der Waals surface area contributed by atoms with Crippen LogP contribution >= 0.6 is 0 Å². The lowest BCUT2D eigenvalue weighted by Crippen LogP contribution is -2.27. The predicted octanol–water partition coefficient (Wildman–Crippen LogP) is 1.20. The SMILES string of the molecule is CCNC(=O)c1ccc(N)cc1NC(CC)CO. The smallest absolute Gasteiger partial charge is 0.253 e. The highest BCUT2D eigenvalue weighted by atomic mass is 16.3. The third-order valence-corrected chi connectivity index (χ3v) is 2.70. The molecule has 1 aromatic rings. The molecule has 0 aliphatic carbocycles. The van der Waals surface area contributed by atoms with Gasteiger partial charge in [0.25, 0.3) is 5.91 Å². The lowest BCUT2D eigenvalue weighted by Gasteiger charge is -2.18. The molecular weight excluding hydrogens is 230 g/mol. The first-order valence-electron chi connectivity index (χ1n) is 6.17. The molecule has 1 amide bonds. The van der Waals surface area contributed by atoms with E-state index in [4.69, 9.17) is 5.73 Å². The minimum atomic E-state index is -0.146. The van der Waals surface area contributed by atoms with Crippen molar-refractivity contribution in [3.05, 3.63) is 23.8 Å². The lowest BCUT2D eigenvalue weighted by molar-refractivity contribution is 0.0956. The molecule has 0 saturated carbocycles. The summed E-state index contributed by atoms with van der Waals surface area (Å²) in [4.78, 5) is 11.9. The Balaban J connectivity index is 2.99. The zero-order valence-corrected chi connectivity index (χ0v) is 10.9. The minimum absolute atomic E-state index is 0.0140. The third-order valence-electron chi connectivity index (χ3n) is 2.70. The first-order chi connectivity index (χ1) is 8.62. The molecule has 18 heavy (non-hydrogen) atoms. The van der Waals surface area contributed by atoms with E-state index in [0.29, 0.717) is 23.5 Å².